The molecule has 2 fully saturated rings. The third-order valence-corrected chi connectivity index (χ3v) is 5.22. The van der Waals surface area contributed by atoms with Crippen molar-refractivity contribution in [1.29, 1.82) is 0 Å². The van der Waals surface area contributed by atoms with E-state index >= 15 is 0 Å². The highest BCUT2D eigenvalue weighted by atomic mass is 19.1. The van der Waals surface area contributed by atoms with Gasteiger partial charge in [0.05, 0.1) is 0 Å². The molecule has 2 saturated heterocycles. The Morgan fingerprint density at radius 2 is 1.91 bits per heavy atom. The second-order valence-electron chi connectivity index (χ2n) is 6.87. The van der Waals surface area contributed by atoms with Crippen molar-refractivity contribution in [3.05, 3.63) is 35.6 Å². The van der Waals surface area contributed by atoms with E-state index in [1.54, 1.807) is 12.1 Å². The summed E-state index contributed by atoms with van der Waals surface area (Å²) in [7, 11) is 0. The van der Waals surface area contributed by atoms with E-state index in [1.165, 1.54) is 50.9 Å². The average molecular weight is 318 g/mol. The predicted octanol–water partition coefficient (Wildman–Crippen LogP) is 3.35. The minimum atomic E-state index is -0.289. The van der Waals surface area contributed by atoms with Crippen molar-refractivity contribution >= 4 is 5.78 Å². The Balaban J connectivity index is 1.42. The van der Waals surface area contributed by atoms with Gasteiger partial charge in [0, 0.05) is 37.7 Å². The highest BCUT2D eigenvalue weighted by Gasteiger charge is 2.27. The molecule has 1 atom stereocenters. The zero-order valence-electron chi connectivity index (χ0n) is 13.8. The summed E-state index contributed by atoms with van der Waals surface area (Å²) in [5.74, 6) is -0.166. The van der Waals surface area contributed by atoms with E-state index in [9.17, 15) is 9.18 Å². The highest BCUT2D eigenvalue weighted by Crippen LogP contribution is 2.21. The largest absolute Gasteiger partial charge is 0.300 e. The summed E-state index contributed by atoms with van der Waals surface area (Å²) in [5.41, 5.74) is 0.625. The van der Waals surface area contributed by atoms with Gasteiger partial charge in [-0.25, -0.2) is 4.39 Å². The number of halogens is 1. The third-order valence-electron chi connectivity index (χ3n) is 5.22. The number of hydrogen-bond acceptors (Lipinski definition) is 3. The Kier molecular flexibility index (Phi) is 5.79. The van der Waals surface area contributed by atoms with Gasteiger partial charge in [0.2, 0.25) is 0 Å². The number of Topliss-reactive ketones (excluding diaryl/α,β-unsaturated/α-hetero) is 1. The molecule has 0 spiro atoms. The van der Waals surface area contributed by atoms with Gasteiger partial charge < -0.3 is 4.90 Å². The Hall–Kier alpha value is -1.26. The lowest BCUT2D eigenvalue weighted by atomic mass is 10.0. The summed E-state index contributed by atoms with van der Waals surface area (Å²) in [4.78, 5) is 17.3. The fraction of sp³-hybridized carbons (Fsp3) is 0.632. The monoisotopic (exact) mass is 318 g/mol. The van der Waals surface area contributed by atoms with Gasteiger partial charge in [-0.15, -0.1) is 0 Å². The summed E-state index contributed by atoms with van der Waals surface area (Å²) >= 11 is 0. The first-order valence-electron chi connectivity index (χ1n) is 8.97. The molecule has 2 aliphatic heterocycles. The Morgan fingerprint density at radius 3 is 2.74 bits per heavy atom. The van der Waals surface area contributed by atoms with Gasteiger partial charge in [0.25, 0.3) is 0 Å². The molecular formula is C19H27FN2O. The lowest BCUT2D eigenvalue weighted by molar-refractivity contribution is 0.0741. The van der Waals surface area contributed by atoms with Crippen molar-refractivity contribution in [3.8, 4) is 0 Å². The van der Waals surface area contributed by atoms with Gasteiger partial charge >= 0.3 is 0 Å². The molecule has 3 rings (SSSR count). The fourth-order valence-corrected chi connectivity index (χ4v) is 3.84. The normalized spacial score (nSPS) is 23.3. The van der Waals surface area contributed by atoms with Crippen LogP contribution in [0.5, 0.6) is 0 Å². The summed E-state index contributed by atoms with van der Waals surface area (Å²) in [5, 5.41) is 0. The molecule has 0 aromatic heterocycles. The molecule has 0 N–H and O–H groups in total. The van der Waals surface area contributed by atoms with Crippen molar-refractivity contribution < 1.29 is 9.18 Å². The van der Waals surface area contributed by atoms with Crippen molar-refractivity contribution in [2.24, 2.45) is 0 Å². The molecule has 0 unspecified atom stereocenters. The number of benzene rings is 1. The predicted molar refractivity (Wildman–Crippen MR) is 90.2 cm³/mol. The molecule has 126 valence electrons. The lowest BCUT2D eigenvalue weighted by Crippen LogP contribution is -2.52. The van der Waals surface area contributed by atoms with Gasteiger partial charge in [-0.1, -0.05) is 12.8 Å². The van der Waals surface area contributed by atoms with E-state index in [-0.39, 0.29) is 11.6 Å². The number of hydrogen-bond donors (Lipinski definition) is 0. The maximum Gasteiger partial charge on any atom is 0.162 e. The summed E-state index contributed by atoms with van der Waals surface area (Å²) in [6, 6.07) is 6.61. The molecule has 4 heteroatoms. The molecule has 0 bridgehead atoms. The molecule has 23 heavy (non-hydrogen) atoms. The average Bonchev–Trinajstić information content (AvgIpc) is 2.80. The summed E-state index contributed by atoms with van der Waals surface area (Å²) in [6.45, 7) is 5.72. The smallest absolute Gasteiger partial charge is 0.162 e. The van der Waals surface area contributed by atoms with Crippen LogP contribution in [0.25, 0.3) is 0 Å². The maximum atomic E-state index is 12.9. The van der Waals surface area contributed by atoms with Crippen molar-refractivity contribution in [2.45, 2.75) is 44.6 Å². The van der Waals surface area contributed by atoms with Crippen LogP contribution >= 0.6 is 0 Å². The molecule has 0 saturated carbocycles. The van der Waals surface area contributed by atoms with E-state index in [0.717, 1.165) is 32.1 Å². The number of carbonyl (C=O) groups is 1. The van der Waals surface area contributed by atoms with E-state index in [0.29, 0.717) is 12.0 Å². The van der Waals surface area contributed by atoms with Gasteiger partial charge in [-0.3, -0.25) is 9.69 Å². The van der Waals surface area contributed by atoms with E-state index in [4.69, 9.17) is 0 Å². The molecule has 3 nitrogen and oxygen atoms in total. The first-order valence-corrected chi connectivity index (χ1v) is 8.97. The van der Waals surface area contributed by atoms with Crippen LogP contribution in [-0.4, -0.2) is 54.3 Å². The van der Waals surface area contributed by atoms with Crippen molar-refractivity contribution in [3.63, 3.8) is 0 Å². The number of nitrogens with zero attached hydrogens (tertiary/aromatic N) is 2. The van der Waals surface area contributed by atoms with Crippen LogP contribution in [0.15, 0.2) is 24.3 Å². The number of carbonyl (C=O) groups excluding carboxylic acids is 1. The maximum absolute atomic E-state index is 12.9. The minimum absolute atomic E-state index is 0.123. The Bertz CT molecular complexity index is 517. The molecule has 2 aliphatic rings. The highest BCUT2D eigenvalue weighted by molar-refractivity contribution is 5.95. The van der Waals surface area contributed by atoms with E-state index < -0.39 is 0 Å². The molecule has 1 aromatic carbocycles. The Morgan fingerprint density at radius 1 is 1.09 bits per heavy atom. The first kappa shape index (κ1) is 16.6. The van der Waals surface area contributed by atoms with Crippen LogP contribution in [0, 0.1) is 5.82 Å². The molecule has 0 aliphatic carbocycles. The number of fused-ring (bicyclic) bond motifs is 1. The van der Waals surface area contributed by atoms with Gasteiger partial charge in [-0.05, 0) is 56.6 Å². The topological polar surface area (TPSA) is 23.6 Å². The number of piperazine rings is 1. The number of rotatable bonds is 5. The standard InChI is InChI=1S/C19H27FN2O/c20-17-9-7-16(8-10-17)19(23)6-4-11-21-13-14-22-12-3-1-2-5-18(22)15-21/h7-10,18H,1-6,11-15H2/t18-/m0/s1. The second kappa shape index (κ2) is 8.02. The SMILES string of the molecule is O=C(CCCN1CCN2CCCCC[C@H]2C1)c1ccc(F)cc1. The zero-order valence-corrected chi connectivity index (χ0v) is 13.8. The molecular weight excluding hydrogens is 291 g/mol. The molecule has 1 aromatic rings. The molecule has 0 radical (unpaired) electrons. The lowest BCUT2D eigenvalue weighted by Gasteiger charge is -2.40. The van der Waals surface area contributed by atoms with Crippen LogP contribution in [0.2, 0.25) is 0 Å². The molecule has 2 heterocycles. The van der Waals surface area contributed by atoms with Gasteiger partial charge in [0.15, 0.2) is 5.78 Å². The number of ketones is 1. The van der Waals surface area contributed by atoms with Crippen molar-refractivity contribution in [1.82, 2.24) is 9.80 Å². The van der Waals surface area contributed by atoms with Crippen LogP contribution < -0.4 is 0 Å². The fourth-order valence-electron chi connectivity index (χ4n) is 3.84. The van der Waals surface area contributed by atoms with Crippen LogP contribution in [-0.2, 0) is 0 Å². The Labute approximate surface area is 138 Å². The van der Waals surface area contributed by atoms with Crippen molar-refractivity contribution in [2.75, 3.05) is 32.7 Å². The van der Waals surface area contributed by atoms with Gasteiger partial charge in [0.1, 0.15) is 5.82 Å². The summed E-state index contributed by atoms with van der Waals surface area (Å²) < 4.78 is 12.9. The quantitative estimate of drug-likeness (QED) is 0.778. The second-order valence-corrected chi connectivity index (χ2v) is 6.87. The minimum Gasteiger partial charge on any atom is -0.300 e. The van der Waals surface area contributed by atoms with E-state index in [2.05, 4.69) is 9.80 Å². The van der Waals surface area contributed by atoms with E-state index in [1.807, 2.05) is 0 Å². The third kappa shape index (κ3) is 4.61. The van der Waals surface area contributed by atoms with Gasteiger partial charge in [-0.2, -0.15) is 0 Å². The molecule has 0 amide bonds. The first-order chi connectivity index (χ1) is 11.2. The van der Waals surface area contributed by atoms with Crippen LogP contribution in [0.1, 0.15) is 48.9 Å². The van der Waals surface area contributed by atoms with Crippen LogP contribution in [0.4, 0.5) is 4.39 Å². The van der Waals surface area contributed by atoms with Crippen LogP contribution in [0.3, 0.4) is 0 Å². The summed E-state index contributed by atoms with van der Waals surface area (Å²) in [6.07, 6.45) is 6.85. The zero-order chi connectivity index (χ0) is 16.1.